The molecule has 0 aromatic heterocycles. The number of hydrogen-bond acceptors (Lipinski definition) is 3. The van der Waals surface area contributed by atoms with Gasteiger partial charge in [0.05, 0.1) is 13.0 Å². The Kier molecular flexibility index (Phi) is 3.52. The highest BCUT2D eigenvalue weighted by molar-refractivity contribution is 5.88. The molecule has 1 aliphatic rings. The minimum Gasteiger partial charge on any atom is -0.340 e. The summed E-state index contributed by atoms with van der Waals surface area (Å²) in [5, 5.41) is 12.7. The molecule has 18 heavy (non-hydrogen) atoms. The van der Waals surface area contributed by atoms with Gasteiger partial charge in [-0.1, -0.05) is 30.3 Å². The van der Waals surface area contributed by atoms with Crippen molar-refractivity contribution in [3.63, 3.8) is 0 Å². The lowest BCUT2D eigenvalue weighted by atomic mass is 10.2. The molecule has 2 rings (SSSR count). The van der Waals surface area contributed by atoms with E-state index in [9.17, 15) is 10.1 Å². The largest absolute Gasteiger partial charge is 0.340 e. The van der Waals surface area contributed by atoms with Crippen LogP contribution in [-0.4, -0.2) is 40.8 Å². The van der Waals surface area contributed by atoms with Gasteiger partial charge in [0.1, 0.15) is 5.10 Å². The Morgan fingerprint density at radius 1 is 1.44 bits per heavy atom. The Balaban J connectivity index is 2.05. The molecular weight excluding hydrogens is 234 g/mol. The van der Waals surface area contributed by atoms with Crippen LogP contribution < -0.4 is 0 Å². The van der Waals surface area contributed by atoms with E-state index in [0.717, 1.165) is 5.56 Å². The third-order valence-electron chi connectivity index (χ3n) is 2.47. The Bertz CT molecular complexity index is 485. The highest BCUT2D eigenvalue weighted by Crippen LogP contribution is 2.07. The van der Waals surface area contributed by atoms with Gasteiger partial charge in [0.15, 0.2) is 5.03 Å². The molecule has 0 saturated heterocycles. The van der Waals surface area contributed by atoms with Crippen LogP contribution in [-0.2, 0) is 6.54 Å². The zero-order chi connectivity index (χ0) is 13.0. The zero-order valence-corrected chi connectivity index (χ0v) is 9.93. The van der Waals surface area contributed by atoms with Gasteiger partial charge in [0.25, 0.3) is 5.96 Å². The molecule has 0 aliphatic carbocycles. The lowest BCUT2D eigenvalue weighted by Crippen LogP contribution is -2.42. The summed E-state index contributed by atoms with van der Waals surface area (Å²) in [5.41, 5.74) is 1.16. The molecule has 94 valence electrons. The predicted molar refractivity (Wildman–Crippen MR) is 67.5 cm³/mol. The number of aliphatic imine (C=N–C) groups is 1. The van der Waals surface area contributed by atoms with E-state index in [1.807, 2.05) is 35.2 Å². The summed E-state index contributed by atoms with van der Waals surface area (Å²) < 4.78 is 0. The molecule has 0 unspecified atom stereocenters. The molecule has 0 N–H and O–H groups in total. The summed E-state index contributed by atoms with van der Waals surface area (Å²) in [6.45, 7) is 1.23. The van der Waals surface area contributed by atoms with Crippen molar-refractivity contribution in [3.8, 4) is 0 Å². The molecule has 7 heteroatoms. The molecule has 0 atom stereocenters. The highest BCUT2D eigenvalue weighted by Gasteiger charge is 2.17. The third kappa shape index (κ3) is 3.03. The molecule has 1 aromatic rings. The van der Waals surface area contributed by atoms with Gasteiger partial charge in [0, 0.05) is 13.6 Å². The molecule has 1 aromatic carbocycles. The van der Waals surface area contributed by atoms with Crippen molar-refractivity contribution in [3.05, 3.63) is 46.0 Å². The molecular formula is C11H13N5O2. The van der Waals surface area contributed by atoms with Gasteiger partial charge in [-0.15, -0.1) is 0 Å². The Morgan fingerprint density at radius 2 is 2.17 bits per heavy atom. The fraction of sp³-hybridized carbons (Fsp3) is 0.273. The first kappa shape index (κ1) is 12.0. The lowest BCUT2D eigenvalue weighted by molar-refractivity contribution is -0.485. The summed E-state index contributed by atoms with van der Waals surface area (Å²) in [5.74, 6) is 0.115. The fourth-order valence-corrected chi connectivity index (χ4v) is 1.69. The van der Waals surface area contributed by atoms with Crippen molar-refractivity contribution in [2.45, 2.75) is 6.54 Å². The maximum atomic E-state index is 10.3. The van der Waals surface area contributed by atoms with Crippen LogP contribution in [0.2, 0.25) is 0 Å². The van der Waals surface area contributed by atoms with E-state index in [2.05, 4.69) is 10.1 Å². The second kappa shape index (κ2) is 5.26. The normalized spacial score (nSPS) is 17.3. The molecule has 0 saturated carbocycles. The molecule has 7 nitrogen and oxygen atoms in total. The van der Waals surface area contributed by atoms with Crippen molar-refractivity contribution in [2.24, 2.45) is 10.1 Å². The van der Waals surface area contributed by atoms with Gasteiger partial charge in [-0.3, -0.25) is 0 Å². The first-order chi connectivity index (χ1) is 8.65. The van der Waals surface area contributed by atoms with Crippen LogP contribution in [0.15, 0.2) is 40.4 Å². The first-order valence-corrected chi connectivity index (χ1v) is 5.41. The topological polar surface area (TPSA) is 74.3 Å². The predicted octanol–water partition coefficient (Wildman–Crippen LogP) is 0.967. The maximum absolute atomic E-state index is 10.3. The average molecular weight is 247 g/mol. The van der Waals surface area contributed by atoms with Gasteiger partial charge in [-0.25, -0.2) is 10.1 Å². The van der Waals surface area contributed by atoms with Crippen molar-refractivity contribution in [2.75, 3.05) is 13.7 Å². The second-order valence-electron chi connectivity index (χ2n) is 3.95. The van der Waals surface area contributed by atoms with Crippen molar-refractivity contribution >= 4 is 12.3 Å². The van der Waals surface area contributed by atoms with Crippen LogP contribution in [0.5, 0.6) is 0 Å². The molecule has 1 heterocycles. The van der Waals surface area contributed by atoms with E-state index in [1.165, 1.54) is 0 Å². The first-order valence-electron chi connectivity index (χ1n) is 5.41. The van der Waals surface area contributed by atoms with Crippen LogP contribution in [0.25, 0.3) is 0 Å². The molecule has 0 radical (unpaired) electrons. The SMILES string of the molecule is CN1CN(Cc2ccccc2)C=N/C1=N\[N+](=O)[O-]. The number of hydrogen-bond donors (Lipinski definition) is 0. The van der Waals surface area contributed by atoms with E-state index in [-0.39, 0.29) is 5.96 Å². The minimum atomic E-state index is -0.740. The average Bonchev–Trinajstić information content (AvgIpc) is 2.33. The van der Waals surface area contributed by atoms with Crippen LogP contribution in [0.4, 0.5) is 0 Å². The molecule has 0 amide bonds. The van der Waals surface area contributed by atoms with Gasteiger partial charge in [0.2, 0.25) is 0 Å². The fourth-order valence-electron chi connectivity index (χ4n) is 1.69. The van der Waals surface area contributed by atoms with Gasteiger partial charge in [-0.05, 0) is 5.56 Å². The molecule has 0 bridgehead atoms. The Labute approximate surface area is 104 Å². The number of benzene rings is 1. The molecule has 1 aliphatic heterocycles. The summed E-state index contributed by atoms with van der Waals surface area (Å²) in [4.78, 5) is 17.8. The van der Waals surface area contributed by atoms with Crippen LogP contribution in [0.3, 0.4) is 0 Å². The van der Waals surface area contributed by atoms with Gasteiger partial charge >= 0.3 is 0 Å². The zero-order valence-electron chi connectivity index (χ0n) is 9.93. The van der Waals surface area contributed by atoms with Gasteiger partial charge < -0.3 is 9.80 Å². The van der Waals surface area contributed by atoms with Crippen molar-refractivity contribution in [1.82, 2.24) is 9.80 Å². The van der Waals surface area contributed by atoms with Crippen LogP contribution >= 0.6 is 0 Å². The summed E-state index contributed by atoms with van der Waals surface area (Å²) in [7, 11) is 1.72. The standard InChI is InChI=1S/C11H13N5O2/c1-14-9-15(7-10-5-3-2-4-6-10)8-12-11(14)13-16(17)18/h2-6,8H,7,9H2,1H3/b13-11+. The lowest BCUT2D eigenvalue weighted by Gasteiger charge is -2.29. The maximum Gasteiger partial charge on any atom is 0.300 e. The highest BCUT2D eigenvalue weighted by atomic mass is 16.7. The number of hydrazone groups is 1. The summed E-state index contributed by atoms with van der Waals surface area (Å²) in [6.07, 6.45) is 1.58. The van der Waals surface area contributed by atoms with E-state index in [1.54, 1.807) is 18.3 Å². The number of rotatable bonds is 3. The van der Waals surface area contributed by atoms with E-state index in [0.29, 0.717) is 13.2 Å². The monoisotopic (exact) mass is 247 g/mol. The van der Waals surface area contributed by atoms with Crippen molar-refractivity contribution in [1.29, 1.82) is 0 Å². The second-order valence-corrected chi connectivity index (χ2v) is 3.95. The molecule has 0 fully saturated rings. The quantitative estimate of drug-likeness (QED) is 0.589. The number of nitro groups is 1. The van der Waals surface area contributed by atoms with E-state index >= 15 is 0 Å². The number of nitrogens with zero attached hydrogens (tertiary/aromatic N) is 5. The summed E-state index contributed by atoms with van der Waals surface area (Å²) >= 11 is 0. The summed E-state index contributed by atoms with van der Waals surface area (Å²) in [6, 6.07) is 9.95. The van der Waals surface area contributed by atoms with Crippen molar-refractivity contribution < 1.29 is 5.03 Å². The third-order valence-corrected chi connectivity index (χ3v) is 2.47. The molecule has 0 spiro atoms. The van der Waals surface area contributed by atoms with E-state index in [4.69, 9.17) is 0 Å². The smallest absolute Gasteiger partial charge is 0.300 e. The Morgan fingerprint density at radius 3 is 2.78 bits per heavy atom. The van der Waals surface area contributed by atoms with Gasteiger partial charge in [-0.2, -0.15) is 4.99 Å². The van der Waals surface area contributed by atoms with Crippen LogP contribution in [0, 0.1) is 10.1 Å². The minimum absolute atomic E-state index is 0.115. The van der Waals surface area contributed by atoms with Crippen LogP contribution in [0.1, 0.15) is 5.56 Å². The number of guanidine groups is 1. The Hall–Kier alpha value is -2.44. The van der Waals surface area contributed by atoms with E-state index < -0.39 is 5.03 Å².